The first-order valence-corrected chi connectivity index (χ1v) is 8.57. The number of fused-ring (bicyclic) bond motifs is 1. The van der Waals surface area contributed by atoms with Gasteiger partial charge >= 0.3 is 0 Å². The van der Waals surface area contributed by atoms with Gasteiger partial charge in [-0.05, 0) is 40.5 Å². The van der Waals surface area contributed by atoms with Crippen molar-refractivity contribution < 1.29 is 4.79 Å². The molecule has 0 aromatic heterocycles. The third kappa shape index (κ3) is 3.89. The third-order valence-electron chi connectivity index (χ3n) is 4.02. The number of halogens is 2. The van der Waals surface area contributed by atoms with Gasteiger partial charge in [0.1, 0.15) is 0 Å². The molecule has 0 radical (unpaired) electrons. The Labute approximate surface area is 151 Å². The highest BCUT2D eigenvalue weighted by molar-refractivity contribution is 6.36. The molecule has 0 aliphatic rings. The van der Waals surface area contributed by atoms with Crippen LogP contribution in [0.2, 0.25) is 10.0 Å². The van der Waals surface area contributed by atoms with Crippen LogP contribution < -0.4 is 5.32 Å². The zero-order valence-electron chi connectivity index (χ0n) is 13.1. The first-order valence-electron chi connectivity index (χ1n) is 7.81. The fourth-order valence-electron chi connectivity index (χ4n) is 2.74. The van der Waals surface area contributed by atoms with Crippen LogP contribution in [0.4, 0.5) is 0 Å². The monoisotopic (exact) mass is 357 g/mol. The van der Waals surface area contributed by atoms with Gasteiger partial charge in [0.05, 0.1) is 0 Å². The molecule has 3 rings (SSSR count). The van der Waals surface area contributed by atoms with Crippen molar-refractivity contribution in [3.05, 3.63) is 81.8 Å². The Balaban J connectivity index is 1.61. The molecule has 0 heterocycles. The molecule has 0 saturated carbocycles. The molecule has 3 aromatic rings. The van der Waals surface area contributed by atoms with Crippen LogP contribution in [0.1, 0.15) is 17.5 Å². The molecule has 0 aliphatic carbocycles. The number of rotatable bonds is 5. The second kappa shape index (κ2) is 7.69. The zero-order valence-corrected chi connectivity index (χ0v) is 14.6. The molecule has 0 fully saturated rings. The van der Waals surface area contributed by atoms with Crippen LogP contribution in [0, 0.1) is 0 Å². The summed E-state index contributed by atoms with van der Waals surface area (Å²) in [5, 5.41) is 6.51. The molecule has 3 aromatic carbocycles. The minimum atomic E-state index is -0.0149. The van der Waals surface area contributed by atoms with E-state index >= 15 is 0 Å². The predicted octanol–water partition coefficient (Wildman–Crippen LogP) is 5.40. The average Bonchev–Trinajstić information content (AvgIpc) is 2.59. The Morgan fingerprint density at radius 3 is 2.33 bits per heavy atom. The summed E-state index contributed by atoms with van der Waals surface area (Å²) in [5.41, 5.74) is 1.93. The Kier molecular flexibility index (Phi) is 5.39. The van der Waals surface area contributed by atoms with Crippen molar-refractivity contribution in [1.29, 1.82) is 0 Å². The summed E-state index contributed by atoms with van der Waals surface area (Å²) in [6.45, 7) is 0.510. The van der Waals surface area contributed by atoms with E-state index in [9.17, 15) is 4.79 Å². The van der Waals surface area contributed by atoms with Crippen molar-refractivity contribution in [3.8, 4) is 0 Å². The van der Waals surface area contributed by atoms with Crippen LogP contribution >= 0.6 is 23.2 Å². The molecule has 0 atom stereocenters. The van der Waals surface area contributed by atoms with E-state index < -0.39 is 0 Å². The van der Waals surface area contributed by atoms with E-state index in [1.807, 2.05) is 24.3 Å². The lowest BCUT2D eigenvalue weighted by atomic mass is 10.0. The highest BCUT2D eigenvalue weighted by Gasteiger charge is 2.09. The van der Waals surface area contributed by atoms with Gasteiger partial charge < -0.3 is 5.32 Å². The van der Waals surface area contributed by atoms with Gasteiger partial charge in [-0.25, -0.2) is 0 Å². The molecule has 24 heavy (non-hydrogen) atoms. The fraction of sp³-hybridized carbons (Fsp3) is 0.150. The van der Waals surface area contributed by atoms with Crippen molar-refractivity contribution >= 4 is 39.9 Å². The highest BCUT2D eigenvalue weighted by Crippen LogP contribution is 2.25. The molecule has 4 heteroatoms. The lowest BCUT2D eigenvalue weighted by Crippen LogP contribution is -2.23. The number of carbonyl (C=O) groups excluding carboxylic acids is 1. The van der Waals surface area contributed by atoms with Crippen LogP contribution in [0.3, 0.4) is 0 Å². The van der Waals surface area contributed by atoms with Crippen LogP contribution in [-0.2, 0) is 17.8 Å². The topological polar surface area (TPSA) is 29.1 Å². The van der Waals surface area contributed by atoms with Crippen molar-refractivity contribution in [2.24, 2.45) is 0 Å². The molecule has 0 bridgehead atoms. The molecule has 2 nitrogen and oxygen atoms in total. The quantitative estimate of drug-likeness (QED) is 0.650. The molecule has 0 unspecified atom stereocenters. The lowest BCUT2D eigenvalue weighted by molar-refractivity contribution is -0.121. The summed E-state index contributed by atoms with van der Waals surface area (Å²) >= 11 is 12.3. The number of amides is 1. The SMILES string of the molecule is O=C(CCc1c(Cl)cccc1Cl)NCc1cccc2ccccc12. The predicted molar refractivity (Wildman–Crippen MR) is 101 cm³/mol. The maximum Gasteiger partial charge on any atom is 0.220 e. The van der Waals surface area contributed by atoms with E-state index in [0.29, 0.717) is 29.4 Å². The summed E-state index contributed by atoms with van der Waals surface area (Å²) < 4.78 is 0. The summed E-state index contributed by atoms with van der Waals surface area (Å²) in [6, 6.07) is 19.6. The Hall–Kier alpha value is -2.03. The first kappa shape index (κ1) is 16.8. The number of hydrogen-bond donors (Lipinski definition) is 1. The summed E-state index contributed by atoms with van der Waals surface area (Å²) in [4.78, 5) is 12.2. The van der Waals surface area contributed by atoms with Gasteiger partial charge in [0, 0.05) is 23.0 Å². The number of carbonyl (C=O) groups is 1. The summed E-state index contributed by atoms with van der Waals surface area (Å²) in [6.07, 6.45) is 0.883. The Morgan fingerprint density at radius 1 is 0.875 bits per heavy atom. The van der Waals surface area contributed by atoms with Gasteiger partial charge in [0.2, 0.25) is 5.91 Å². The minimum Gasteiger partial charge on any atom is -0.352 e. The maximum atomic E-state index is 12.2. The van der Waals surface area contributed by atoms with Gasteiger partial charge in [-0.1, -0.05) is 71.7 Å². The highest BCUT2D eigenvalue weighted by atomic mass is 35.5. The molecular weight excluding hydrogens is 341 g/mol. The normalized spacial score (nSPS) is 10.8. The molecule has 0 aliphatic heterocycles. The Morgan fingerprint density at radius 2 is 1.54 bits per heavy atom. The van der Waals surface area contributed by atoms with E-state index in [1.165, 1.54) is 5.39 Å². The number of hydrogen-bond acceptors (Lipinski definition) is 1. The molecule has 122 valence electrons. The molecule has 0 saturated heterocycles. The van der Waals surface area contributed by atoms with E-state index in [4.69, 9.17) is 23.2 Å². The van der Waals surface area contributed by atoms with Crippen molar-refractivity contribution in [3.63, 3.8) is 0 Å². The summed E-state index contributed by atoms with van der Waals surface area (Å²) in [5.74, 6) is -0.0149. The van der Waals surface area contributed by atoms with Gasteiger partial charge in [0.25, 0.3) is 0 Å². The number of nitrogens with one attached hydrogen (secondary N) is 1. The second-order valence-corrected chi connectivity index (χ2v) is 6.43. The standard InChI is InChI=1S/C20H17Cl2NO/c21-18-9-4-10-19(22)17(18)11-12-20(24)23-13-15-7-3-6-14-5-1-2-8-16(14)15/h1-10H,11-13H2,(H,23,24). The lowest BCUT2D eigenvalue weighted by Gasteiger charge is -2.10. The van der Waals surface area contributed by atoms with Crippen LogP contribution in [0.5, 0.6) is 0 Å². The molecular formula is C20H17Cl2NO. The minimum absolute atomic E-state index is 0.0149. The largest absolute Gasteiger partial charge is 0.352 e. The Bertz CT molecular complexity index is 851. The van der Waals surface area contributed by atoms with E-state index in [1.54, 1.807) is 18.2 Å². The molecule has 0 spiro atoms. The van der Waals surface area contributed by atoms with Gasteiger partial charge in [-0.2, -0.15) is 0 Å². The van der Waals surface area contributed by atoms with Gasteiger partial charge in [0.15, 0.2) is 0 Å². The average molecular weight is 358 g/mol. The van der Waals surface area contributed by atoms with Gasteiger partial charge in [-0.15, -0.1) is 0 Å². The van der Waals surface area contributed by atoms with Crippen LogP contribution in [0.15, 0.2) is 60.7 Å². The van der Waals surface area contributed by atoms with E-state index in [2.05, 4.69) is 23.5 Å². The van der Waals surface area contributed by atoms with E-state index in [-0.39, 0.29) is 5.91 Å². The van der Waals surface area contributed by atoms with Crippen LogP contribution in [-0.4, -0.2) is 5.91 Å². The smallest absolute Gasteiger partial charge is 0.220 e. The zero-order chi connectivity index (χ0) is 16.9. The second-order valence-electron chi connectivity index (χ2n) is 5.62. The first-order chi connectivity index (χ1) is 11.6. The van der Waals surface area contributed by atoms with Crippen molar-refractivity contribution in [2.75, 3.05) is 0 Å². The number of benzene rings is 3. The van der Waals surface area contributed by atoms with Gasteiger partial charge in [-0.3, -0.25) is 4.79 Å². The third-order valence-corrected chi connectivity index (χ3v) is 4.73. The molecule has 1 N–H and O–H groups in total. The fourth-order valence-corrected chi connectivity index (χ4v) is 3.32. The maximum absolute atomic E-state index is 12.2. The van der Waals surface area contributed by atoms with Crippen molar-refractivity contribution in [1.82, 2.24) is 5.32 Å². The van der Waals surface area contributed by atoms with Crippen molar-refractivity contribution in [2.45, 2.75) is 19.4 Å². The van der Waals surface area contributed by atoms with Crippen LogP contribution in [0.25, 0.3) is 10.8 Å². The summed E-state index contributed by atoms with van der Waals surface area (Å²) in [7, 11) is 0. The van der Waals surface area contributed by atoms with E-state index in [0.717, 1.165) is 16.5 Å². The molecule has 1 amide bonds.